The van der Waals surface area contributed by atoms with Gasteiger partial charge in [0, 0.05) is 40.3 Å². The fraction of sp³-hybridized carbons (Fsp3) is 0.900. The van der Waals surface area contributed by atoms with Crippen molar-refractivity contribution in [3.63, 3.8) is 0 Å². The summed E-state index contributed by atoms with van der Waals surface area (Å²) in [5, 5.41) is 0. The lowest BCUT2D eigenvalue weighted by Crippen LogP contribution is -2.47. The number of nitrogens with zero attached hydrogens (tertiary/aromatic N) is 2. The van der Waals surface area contributed by atoms with Crippen LogP contribution in [0.15, 0.2) is 0 Å². The molecule has 1 aliphatic heterocycles. The summed E-state index contributed by atoms with van der Waals surface area (Å²) in [5.41, 5.74) is 5.41. The summed E-state index contributed by atoms with van der Waals surface area (Å²) in [6.45, 7) is 2.69. The van der Waals surface area contributed by atoms with Crippen molar-refractivity contribution in [1.29, 1.82) is 0 Å². The first-order valence-corrected chi connectivity index (χ1v) is 5.42. The monoisotopic (exact) mass is 215 g/mol. The van der Waals surface area contributed by atoms with Crippen molar-refractivity contribution in [2.24, 2.45) is 5.73 Å². The molecule has 5 heteroatoms. The van der Waals surface area contributed by atoms with E-state index in [9.17, 15) is 4.79 Å². The van der Waals surface area contributed by atoms with Gasteiger partial charge >= 0.3 is 6.03 Å². The number of hydrogen-bond donors (Lipinski definition) is 1. The lowest BCUT2D eigenvalue weighted by molar-refractivity contribution is 0.0459. The molecule has 88 valence electrons. The van der Waals surface area contributed by atoms with E-state index in [0.717, 1.165) is 25.9 Å². The number of likely N-dealkylation sites (N-methyl/N-ethyl adjacent to an activating group) is 1. The SMILES string of the molecule is COC1CCN(C(=O)N(C)CCN)CC1. The second kappa shape index (κ2) is 5.92. The van der Waals surface area contributed by atoms with Crippen molar-refractivity contribution in [2.75, 3.05) is 40.3 Å². The van der Waals surface area contributed by atoms with Crippen molar-refractivity contribution in [1.82, 2.24) is 9.80 Å². The van der Waals surface area contributed by atoms with Gasteiger partial charge in [0.05, 0.1) is 6.10 Å². The fourth-order valence-electron chi connectivity index (χ4n) is 1.81. The first kappa shape index (κ1) is 12.3. The van der Waals surface area contributed by atoms with Crippen LogP contribution in [-0.2, 0) is 4.74 Å². The van der Waals surface area contributed by atoms with Crippen LogP contribution in [0.25, 0.3) is 0 Å². The van der Waals surface area contributed by atoms with E-state index >= 15 is 0 Å². The van der Waals surface area contributed by atoms with Crippen LogP contribution in [0, 0.1) is 0 Å². The van der Waals surface area contributed by atoms with Crippen LogP contribution in [0.2, 0.25) is 0 Å². The standard InChI is InChI=1S/C10H21N3O2/c1-12(8-5-11)10(14)13-6-3-9(15-2)4-7-13/h9H,3-8,11H2,1-2H3. The Kier molecular flexibility index (Phi) is 4.84. The highest BCUT2D eigenvalue weighted by atomic mass is 16.5. The molecule has 0 aromatic rings. The average Bonchev–Trinajstić information content (AvgIpc) is 2.28. The molecule has 1 aliphatic rings. The van der Waals surface area contributed by atoms with E-state index < -0.39 is 0 Å². The molecule has 0 radical (unpaired) electrons. The molecular weight excluding hydrogens is 194 g/mol. The number of carbonyl (C=O) groups is 1. The Bertz CT molecular complexity index is 203. The van der Waals surface area contributed by atoms with Gasteiger partial charge in [-0.3, -0.25) is 0 Å². The highest BCUT2D eigenvalue weighted by Crippen LogP contribution is 2.13. The number of urea groups is 1. The number of carbonyl (C=O) groups excluding carboxylic acids is 1. The van der Waals surface area contributed by atoms with Gasteiger partial charge < -0.3 is 20.3 Å². The van der Waals surface area contributed by atoms with Crippen LogP contribution >= 0.6 is 0 Å². The first-order chi connectivity index (χ1) is 7.19. The van der Waals surface area contributed by atoms with E-state index in [0.29, 0.717) is 19.2 Å². The van der Waals surface area contributed by atoms with Gasteiger partial charge in [0.15, 0.2) is 0 Å². The van der Waals surface area contributed by atoms with Gasteiger partial charge in [0.25, 0.3) is 0 Å². The lowest BCUT2D eigenvalue weighted by atomic mass is 10.1. The second-order valence-corrected chi connectivity index (χ2v) is 3.91. The summed E-state index contributed by atoms with van der Waals surface area (Å²) in [6.07, 6.45) is 2.17. The van der Waals surface area contributed by atoms with Crippen LogP contribution in [-0.4, -0.2) is 62.3 Å². The van der Waals surface area contributed by atoms with Gasteiger partial charge in [-0.2, -0.15) is 0 Å². The third-order valence-electron chi connectivity index (χ3n) is 2.84. The summed E-state index contributed by atoms with van der Waals surface area (Å²) in [5.74, 6) is 0. The normalized spacial score (nSPS) is 17.9. The van der Waals surface area contributed by atoms with Crippen molar-refractivity contribution >= 4 is 6.03 Å². The Labute approximate surface area is 91.2 Å². The maximum absolute atomic E-state index is 11.8. The number of amides is 2. The Morgan fingerprint density at radius 3 is 2.60 bits per heavy atom. The summed E-state index contributed by atoms with van der Waals surface area (Å²) in [6, 6.07) is 0.0787. The molecule has 1 saturated heterocycles. The minimum Gasteiger partial charge on any atom is -0.381 e. The van der Waals surface area contributed by atoms with Crippen LogP contribution in [0.1, 0.15) is 12.8 Å². The molecule has 0 bridgehead atoms. The number of nitrogens with two attached hydrogens (primary N) is 1. The lowest BCUT2D eigenvalue weighted by Gasteiger charge is -2.33. The first-order valence-electron chi connectivity index (χ1n) is 5.42. The van der Waals surface area contributed by atoms with Gasteiger partial charge in [-0.25, -0.2) is 4.79 Å². The predicted octanol–water partition coefficient (Wildman–Crippen LogP) is 0.108. The second-order valence-electron chi connectivity index (χ2n) is 3.91. The fourth-order valence-corrected chi connectivity index (χ4v) is 1.81. The zero-order valence-corrected chi connectivity index (χ0v) is 9.61. The Hall–Kier alpha value is -0.810. The van der Waals surface area contributed by atoms with Gasteiger partial charge in [-0.05, 0) is 12.8 Å². The predicted molar refractivity (Wildman–Crippen MR) is 58.7 cm³/mol. The zero-order valence-electron chi connectivity index (χ0n) is 9.61. The highest BCUT2D eigenvalue weighted by Gasteiger charge is 2.24. The number of likely N-dealkylation sites (tertiary alicyclic amines) is 1. The summed E-state index contributed by atoms with van der Waals surface area (Å²) in [7, 11) is 3.51. The van der Waals surface area contributed by atoms with E-state index in [2.05, 4.69) is 0 Å². The van der Waals surface area contributed by atoms with Crippen LogP contribution in [0.4, 0.5) is 4.79 Å². The third-order valence-corrected chi connectivity index (χ3v) is 2.84. The minimum absolute atomic E-state index is 0.0787. The number of methoxy groups -OCH3 is 1. The smallest absolute Gasteiger partial charge is 0.319 e. The summed E-state index contributed by atoms with van der Waals surface area (Å²) in [4.78, 5) is 15.4. The maximum Gasteiger partial charge on any atom is 0.319 e. The molecule has 0 aliphatic carbocycles. The molecule has 0 spiro atoms. The van der Waals surface area contributed by atoms with Gasteiger partial charge in [0.2, 0.25) is 0 Å². The Morgan fingerprint density at radius 2 is 2.13 bits per heavy atom. The molecule has 1 fully saturated rings. The number of hydrogen-bond acceptors (Lipinski definition) is 3. The Balaban J connectivity index is 2.35. The topological polar surface area (TPSA) is 58.8 Å². The van der Waals surface area contributed by atoms with Gasteiger partial charge in [-0.15, -0.1) is 0 Å². The highest BCUT2D eigenvalue weighted by molar-refractivity contribution is 5.74. The summed E-state index contributed by atoms with van der Waals surface area (Å²) >= 11 is 0. The largest absolute Gasteiger partial charge is 0.381 e. The molecule has 0 unspecified atom stereocenters. The van der Waals surface area contributed by atoms with Crippen molar-refractivity contribution in [3.05, 3.63) is 0 Å². The van der Waals surface area contributed by atoms with Gasteiger partial charge in [-0.1, -0.05) is 0 Å². The zero-order chi connectivity index (χ0) is 11.3. The van der Waals surface area contributed by atoms with Crippen LogP contribution in [0.5, 0.6) is 0 Å². The molecule has 15 heavy (non-hydrogen) atoms. The van der Waals surface area contributed by atoms with E-state index in [4.69, 9.17) is 10.5 Å². The molecule has 0 atom stereocenters. The quantitative estimate of drug-likeness (QED) is 0.727. The van der Waals surface area contributed by atoms with E-state index in [1.54, 1.807) is 19.1 Å². The van der Waals surface area contributed by atoms with E-state index in [-0.39, 0.29) is 6.03 Å². The minimum atomic E-state index is 0.0787. The molecule has 0 aromatic heterocycles. The molecular formula is C10H21N3O2. The van der Waals surface area contributed by atoms with Crippen molar-refractivity contribution in [3.8, 4) is 0 Å². The average molecular weight is 215 g/mol. The van der Waals surface area contributed by atoms with E-state index in [1.165, 1.54) is 0 Å². The summed E-state index contributed by atoms with van der Waals surface area (Å²) < 4.78 is 5.26. The van der Waals surface area contributed by atoms with Crippen LogP contribution in [0.3, 0.4) is 0 Å². The Morgan fingerprint density at radius 1 is 1.53 bits per heavy atom. The van der Waals surface area contributed by atoms with Crippen molar-refractivity contribution < 1.29 is 9.53 Å². The molecule has 2 amide bonds. The van der Waals surface area contributed by atoms with Crippen LogP contribution < -0.4 is 5.73 Å². The number of ether oxygens (including phenoxy) is 1. The molecule has 1 heterocycles. The molecule has 0 aromatic carbocycles. The molecule has 2 N–H and O–H groups in total. The number of piperidine rings is 1. The maximum atomic E-state index is 11.8. The molecule has 5 nitrogen and oxygen atoms in total. The van der Waals surface area contributed by atoms with E-state index in [1.807, 2.05) is 4.90 Å². The van der Waals surface area contributed by atoms with Crippen molar-refractivity contribution in [2.45, 2.75) is 18.9 Å². The third kappa shape index (κ3) is 3.35. The molecule has 0 saturated carbocycles. The number of rotatable bonds is 3. The molecule has 1 rings (SSSR count). The van der Waals surface area contributed by atoms with Gasteiger partial charge in [0.1, 0.15) is 0 Å².